The highest BCUT2D eigenvalue weighted by atomic mass is 35.7. The first-order valence-corrected chi connectivity index (χ1v) is 6.71. The zero-order valence-electron chi connectivity index (χ0n) is 8.45. The molecule has 1 amide bonds. The van der Waals surface area contributed by atoms with Crippen LogP contribution in [0.2, 0.25) is 0 Å². The zero-order valence-corrected chi connectivity index (χ0v) is 10.0. The maximum absolute atomic E-state index is 11.1. The van der Waals surface area contributed by atoms with Crippen molar-refractivity contribution in [3.8, 4) is 0 Å². The second kappa shape index (κ2) is 3.38. The number of β-lactam (4-membered cyclic amide) rings is 1. The summed E-state index contributed by atoms with van der Waals surface area (Å²) in [4.78, 5) is 11.1. The second-order valence-electron chi connectivity index (χ2n) is 4.37. The van der Waals surface area contributed by atoms with Gasteiger partial charge in [0.05, 0.1) is 12.0 Å². The van der Waals surface area contributed by atoms with Gasteiger partial charge in [-0.05, 0) is 19.3 Å². The van der Waals surface area contributed by atoms with E-state index in [4.69, 9.17) is 10.7 Å². The van der Waals surface area contributed by atoms with Gasteiger partial charge in [0, 0.05) is 10.7 Å². The van der Waals surface area contributed by atoms with Crippen molar-refractivity contribution < 1.29 is 13.2 Å². The quantitative estimate of drug-likeness (QED) is 0.554. The van der Waals surface area contributed by atoms with Crippen LogP contribution >= 0.6 is 10.7 Å². The predicted octanol–water partition coefficient (Wildman–Crippen LogP) is 1.51. The van der Waals surface area contributed by atoms with Gasteiger partial charge in [0.1, 0.15) is 0 Å². The second-order valence-corrected chi connectivity index (χ2v) is 6.73. The highest BCUT2D eigenvalue weighted by Gasteiger charge is 2.53. The van der Waals surface area contributed by atoms with Gasteiger partial charge in [-0.1, -0.05) is 13.8 Å². The molecular formula is C8H14ClNO3S. The summed E-state index contributed by atoms with van der Waals surface area (Å²) in [6, 6.07) is 0. The normalized spacial score (nSPS) is 28.1. The Hall–Kier alpha value is -0.290. The van der Waals surface area contributed by atoms with Crippen molar-refractivity contribution in [3.63, 3.8) is 0 Å². The van der Waals surface area contributed by atoms with Crippen LogP contribution in [0.5, 0.6) is 0 Å². The number of carbonyl (C=O) groups is 1. The summed E-state index contributed by atoms with van der Waals surface area (Å²) in [7, 11) is 1.26. The smallest absolute Gasteiger partial charge is 0.274 e. The molecule has 0 aromatic rings. The molecule has 1 saturated heterocycles. The molecule has 1 atom stereocenters. The SMILES string of the molecule is CC(C)CC1(C)CC(=O)N1S(=O)(=O)Cl. The fourth-order valence-corrected chi connectivity index (χ4v) is 3.80. The van der Waals surface area contributed by atoms with E-state index in [-0.39, 0.29) is 6.42 Å². The van der Waals surface area contributed by atoms with E-state index < -0.39 is 20.7 Å². The minimum atomic E-state index is -3.91. The summed E-state index contributed by atoms with van der Waals surface area (Å²) in [5, 5.41) is 0. The molecule has 1 aliphatic rings. The zero-order chi connectivity index (χ0) is 11.1. The van der Waals surface area contributed by atoms with Crippen molar-refractivity contribution in [1.29, 1.82) is 0 Å². The van der Waals surface area contributed by atoms with E-state index in [1.54, 1.807) is 6.92 Å². The van der Waals surface area contributed by atoms with Gasteiger partial charge in [0.2, 0.25) is 5.91 Å². The third kappa shape index (κ3) is 2.03. The minimum absolute atomic E-state index is 0.261. The van der Waals surface area contributed by atoms with Crippen LogP contribution in [0.15, 0.2) is 0 Å². The highest BCUT2D eigenvalue weighted by molar-refractivity contribution is 8.12. The lowest BCUT2D eigenvalue weighted by molar-refractivity contribution is -0.144. The van der Waals surface area contributed by atoms with Crippen molar-refractivity contribution >= 4 is 25.8 Å². The molecule has 0 aromatic carbocycles. The average molecular weight is 240 g/mol. The van der Waals surface area contributed by atoms with Crippen LogP contribution in [0.25, 0.3) is 0 Å². The molecule has 1 aliphatic heterocycles. The van der Waals surface area contributed by atoms with Crippen molar-refractivity contribution in [2.45, 2.75) is 39.2 Å². The lowest BCUT2D eigenvalue weighted by Gasteiger charge is -2.47. The van der Waals surface area contributed by atoms with Crippen LogP contribution in [0.1, 0.15) is 33.6 Å². The van der Waals surface area contributed by atoms with Crippen LogP contribution in [-0.2, 0) is 14.0 Å². The molecule has 6 heteroatoms. The van der Waals surface area contributed by atoms with Crippen molar-refractivity contribution in [2.24, 2.45) is 5.92 Å². The van der Waals surface area contributed by atoms with Gasteiger partial charge in [-0.2, -0.15) is 8.42 Å². The van der Waals surface area contributed by atoms with Crippen molar-refractivity contribution in [3.05, 3.63) is 0 Å². The number of hydrogen-bond donors (Lipinski definition) is 0. The van der Waals surface area contributed by atoms with E-state index in [1.165, 1.54) is 0 Å². The Balaban J connectivity index is 2.89. The Morgan fingerprint density at radius 3 is 2.36 bits per heavy atom. The highest BCUT2D eigenvalue weighted by Crippen LogP contribution is 2.40. The molecular weight excluding hydrogens is 226 g/mol. The first-order chi connectivity index (χ1) is 6.17. The molecule has 0 bridgehead atoms. The molecule has 1 unspecified atom stereocenters. The summed E-state index contributed by atoms with van der Waals surface area (Å²) in [6.45, 7) is 5.70. The Morgan fingerprint density at radius 2 is 2.07 bits per heavy atom. The summed E-state index contributed by atoms with van der Waals surface area (Å²) < 4.78 is 23.0. The number of nitrogens with zero attached hydrogens (tertiary/aromatic N) is 1. The molecule has 0 aromatic heterocycles. The number of rotatable bonds is 3. The van der Waals surface area contributed by atoms with E-state index in [0.29, 0.717) is 12.3 Å². The monoisotopic (exact) mass is 239 g/mol. The van der Waals surface area contributed by atoms with Crippen LogP contribution in [0.3, 0.4) is 0 Å². The number of carbonyl (C=O) groups excluding carboxylic acids is 1. The fraction of sp³-hybridized carbons (Fsp3) is 0.875. The van der Waals surface area contributed by atoms with Crippen LogP contribution in [0.4, 0.5) is 0 Å². The van der Waals surface area contributed by atoms with Gasteiger partial charge in [0.25, 0.3) is 0 Å². The van der Waals surface area contributed by atoms with E-state index in [9.17, 15) is 13.2 Å². The molecule has 0 radical (unpaired) electrons. The largest absolute Gasteiger partial charge is 0.324 e. The maximum Gasteiger partial charge on any atom is 0.324 e. The Kier molecular flexibility index (Phi) is 2.84. The molecule has 82 valence electrons. The number of halogens is 1. The third-order valence-electron chi connectivity index (χ3n) is 2.31. The molecule has 0 N–H and O–H groups in total. The van der Waals surface area contributed by atoms with Gasteiger partial charge in [-0.3, -0.25) is 4.79 Å². The van der Waals surface area contributed by atoms with Crippen molar-refractivity contribution in [1.82, 2.24) is 4.31 Å². The van der Waals surface area contributed by atoms with E-state index in [0.717, 1.165) is 4.31 Å². The molecule has 1 rings (SSSR count). The third-order valence-corrected chi connectivity index (χ3v) is 3.81. The fourth-order valence-electron chi connectivity index (χ4n) is 2.10. The molecule has 0 saturated carbocycles. The topological polar surface area (TPSA) is 54.5 Å². The van der Waals surface area contributed by atoms with E-state index in [1.807, 2.05) is 13.8 Å². The Labute approximate surface area is 88.8 Å². The van der Waals surface area contributed by atoms with Crippen molar-refractivity contribution in [2.75, 3.05) is 0 Å². The van der Waals surface area contributed by atoms with E-state index >= 15 is 0 Å². The predicted molar refractivity (Wildman–Crippen MR) is 54.1 cm³/mol. The van der Waals surface area contributed by atoms with Gasteiger partial charge in [0.15, 0.2) is 0 Å². The van der Waals surface area contributed by atoms with Gasteiger partial charge in [-0.25, -0.2) is 4.31 Å². The molecule has 1 heterocycles. The first-order valence-electron chi connectivity index (χ1n) is 4.45. The Bertz CT molecular complexity index is 352. The summed E-state index contributed by atoms with van der Waals surface area (Å²) in [6.07, 6.45) is 0.905. The molecule has 0 aliphatic carbocycles. The van der Waals surface area contributed by atoms with Crippen LogP contribution in [0, 0.1) is 5.92 Å². The molecule has 4 nitrogen and oxygen atoms in total. The summed E-state index contributed by atoms with van der Waals surface area (Å²) in [5.41, 5.74) is -0.619. The summed E-state index contributed by atoms with van der Waals surface area (Å²) >= 11 is 0. The molecule has 1 fully saturated rings. The number of amides is 1. The lowest BCUT2D eigenvalue weighted by atomic mass is 9.82. The Morgan fingerprint density at radius 1 is 1.57 bits per heavy atom. The van der Waals surface area contributed by atoms with Crippen LogP contribution in [-0.4, -0.2) is 24.2 Å². The average Bonchev–Trinajstić information content (AvgIpc) is 1.77. The maximum atomic E-state index is 11.1. The summed E-state index contributed by atoms with van der Waals surface area (Å²) in [5.74, 6) is -0.0860. The van der Waals surface area contributed by atoms with Gasteiger partial charge in [-0.15, -0.1) is 0 Å². The van der Waals surface area contributed by atoms with Crippen LogP contribution < -0.4 is 0 Å². The first kappa shape index (κ1) is 11.8. The molecule has 14 heavy (non-hydrogen) atoms. The molecule has 0 spiro atoms. The number of hydrogen-bond acceptors (Lipinski definition) is 3. The standard InChI is InChI=1S/C8H14ClNO3S/c1-6(2)4-8(3)5-7(11)10(8)14(9,12)13/h6H,4-5H2,1-3H3. The van der Waals surface area contributed by atoms with Gasteiger partial charge >= 0.3 is 9.24 Å². The lowest BCUT2D eigenvalue weighted by Crippen LogP contribution is -2.63. The minimum Gasteiger partial charge on any atom is -0.274 e. The van der Waals surface area contributed by atoms with Gasteiger partial charge < -0.3 is 0 Å². The van der Waals surface area contributed by atoms with E-state index in [2.05, 4.69) is 0 Å².